The maximum Gasteiger partial charge on any atom is 0.294 e. The summed E-state index contributed by atoms with van der Waals surface area (Å²) in [5, 5.41) is 8.95. The number of fused-ring (bicyclic) bond motifs is 1. The lowest BCUT2D eigenvalue weighted by molar-refractivity contribution is -0.145. The first-order chi connectivity index (χ1) is 11.0. The highest BCUT2D eigenvalue weighted by molar-refractivity contribution is 8.01. The second-order valence-electron chi connectivity index (χ2n) is 6.20. The van der Waals surface area contributed by atoms with E-state index in [9.17, 15) is 13.2 Å². The third kappa shape index (κ3) is 3.42. The maximum atomic E-state index is 11.3. The summed E-state index contributed by atoms with van der Waals surface area (Å²) in [7, 11) is -4.02. The smallest absolute Gasteiger partial charge is 0.294 e. The van der Waals surface area contributed by atoms with Gasteiger partial charge in [-0.15, -0.1) is 11.8 Å². The highest BCUT2D eigenvalue weighted by Crippen LogP contribution is 2.49. The normalized spacial score (nSPS) is 27.4. The molecule has 2 heterocycles. The molecule has 3 atom stereocenters. The van der Waals surface area contributed by atoms with Crippen molar-refractivity contribution in [1.29, 1.82) is 5.26 Å². The Morgan fingerprint density at radius 2 is 1.88 bits per heavy atom. The molecule has 0 aliphatic carbocycles. The van der Waals surface area contributed by atoms with Gasteiger partial charge in [-0.2, -0.15) is 13.7 Å². The number of rotatable bonds is 1. The van der Waals surface area contributed by atoms with Crippen LogP contribution in [0.4, 0.5) is 0 Å². The van der Waals surface area contributed by atoms with Crippen LogP contribution in [0.3, 0.4) is 0 Å². The fraction of sp³-hybridized carbons (Fsp3) is 0.467. The standard InChI is InChI=1S/C8H11N3OS.C7H8O3S/c1-8(2)4(3-9)11-6(12)5(10)7(11)13-8;1-6-2-4-7(5-3-6)11(8,9)10/h4-5,7H,10H2,1-2H3;2-5H,1H3,(H,8,9,10)/t4?,5?,7-;/m0./s1. The number of nitrogens with zero attached hydrogens (tertiary/aromatic N) is 2. The lowest BCUT2D eigenvalue weighted by Crippen LogP contribution is -2.67. The molecule has 1 amide bonds. The highest BCUT2D eigenvalue weighted by atomic mass is 32.2. The molecule has 2 unspecified atom stereocenters. The van der Waals surface area contributed by atoms with Gasteiger partial charge in [-0.3, -0.25) is 9.35 Å². The molecule has 7 nitrogen and oxygen atoms in total. The average Bonchev–Trinajstić information content (AvgIpc) is 2.75. The Morgan fingerprint density at radius 3 is 2.33 bits per heavy atom. The largest absolute Gasteiger partial charge is 0.317 e. The molecular formula is C15H19N3O4S2. The van der Waals surface area contributed by atoms with E-state index in [0.717, 1.165) is 5.56 Å². The first-order valence-electron chi connectivity index (χ1n) is 7.18. The number of hydrogen-bond donors (Lipinski definition) is 2. The van der Waals surface area contributed by atoms with Crippen molar-refractivity contribution in [3.05, 3.63) is 29.8 Å². The fourth-order valence-corrected chi connectivity index (χ4v) is 4.55. The van der Waals surface area contributed by atoms with Gasteiger partial charge in [0.25, 0.3) is 10.1 Å². The van der Waals surface area contributed by atoms with Crippen molar-refractivity contribution in [2.45, 2.75) is 47.9 Å². The van der Waals surface area contributed by atoms with Gasteiger partial charge in [0.1, 0.15) is 17.5 Å². The number of carbonyl (C=O) groups excluding carboxylic acids is 1. The minimum atomic E-state index is -4.02. The molecule has 0 radical (unpaired) electrons. The van der Waals surface area contributed by atoms with E-state index in [2.05, 4.69) is 6.07 Å². The van der Waals surface area contributed by atoms with Crippen LogP contribution in [-0.2, 0) is 14.9 Å². The van der Waals surface area contributed by atoms with Gasteiger partial charge in [0.15, 0.2) is 0 Å². The number of hydrogen-bond acceptors (Lipinski definition) is 6. The predicted octanol–water partition coefficient (Wildman–Crippen LogP) is 1.14. The molecule has 0 bridgehead atoms. The molecule has 2 aliphatic heterocycles. The summed E-state index contributed by atoms with van der Waals surface area (Å²) in [5.41, 5.74) is 6.58. The molecule has 24 heavy (non-hydrogen) atoms. The summed E-state index contributed by atoms with van der Waals surface area (Å²) in [5.74, 6) is -0.0883. The zero-order valence-corrected chi connectivity index (χ0v) is 15.1. The number of nitrogens with two attached hydrogens (primary N) is 1. The zero-order valence-electron chi connectivity index (χ0n) is 13.5. The molecular weight excluding hydrogens is 350 g/mol. The number of amides is 1. The zero-order chi connectivity index (χ0) is 18.3. The van der Waals surface area contributed by atoms with Gasteiger partial charge in [-0.05, 0) is 32.9 Å². The monoisotopic (exact) mass is 369 g/mol. The van der Waals surface area contributed by atoms with Gasteiger partial charge >= 0.3 is 0 Å². The van der Waals surface area contributed by atoms with E-state index in [1.807, 2.05) is 20.8 Å². The number of nitriles is 1. The van der Waals surface area contributed by atoms with E-state index >= 15 is 0 Å². The molecule has 130 valence electrons. The molecule has 9 heteroatoms. The second-order valence-corrected chi connectivity index (χ2v) is 9.40. The molecule has 0 spiro atoms. The van der Waals surface area contributed by atoms with Crippen molar-refractivity contribution in [2.24, 2.45) is 5.73 Å². The fourth-order valence-electron chi connectivity index (χ4n) is 2.55. The number of thioether (sulfide) groups is 1. The van der Waals surface area contributed by atoms with Crippen molar-refractivity contribution in [3.63, 3.8) is 0 Å². The predicted molar refractivity (Wildman–Crippen MR) is 90.7 cm³/mol. The van der Waals surface area contributed by atoms with Crippen LogP contribution in [0.15, 0.2) is 29.2 Å². The molecule has 3 N–H and O–H groups in total. The summed E-state index contributed by atoms with van der Waals surface area (Å²) < 4.78 is 29.4. The summed E-state index contributed by atoms with van der Waals surface area (Å²) in [4.78, 5) is 12.9. The van der Waals surface area contributed by atoms with Crippen LogP contribution < -0.4 is 5.73 Å². The Kier molecular flexibility index (Phi) is 4.97. The minimum absolute atomic E-state index is 0.0205. The molecule has 1 aromatic carbocycles. The summed E-state index contributed by atoms with van der Waals surface area (Å²) in [6.45, 7) is 5.79. The summed E-state index contributed by atoms with van der Waals surface area (Å²) in [6.07, 6.45) is 0. The Bertz CT molecular complexity index is 784. The summed E-state index contributed by atoms with van der Waals surface area (Å²) in [6, 6.07) is 7.43. The van der Waals surface area contributed by atoms with E-state index in [1.165, 1.54) is 12.1 Å². The molecule has 2 saturated heterocycles. The highest BCUT2D eigenvalue weighted by Gasteiger charge is 2.60. The van der Waals surface area contributed by atoms with Gasteiger partial charge in [0.2, 0.25) is 5.91 Å². The summed E-state index contributed by atoms with van der Waals surface area (Å²) >= 11 is 1.62. The molecule has 1 aromatic rings. The van der Waals surface area contributed by atoms with Crippen LogP contribution in [0.1, 0.15) is 19.4 Å². The Balaban J connectivity index is 0.000000177. The second kappa shape index (κ2) is 6.37. The molecule has 3 rings (SSSR count). The Labute approximate surface area is 145 Å². The van der Waals surface area contributed by atoms with Crippen LogP contribution in [0, 0.1) is 18.3 Å². The van der Waals surface area contributed by atoms with Crippen molar-refractivity contribution in [1.82, 2.24) is 4.90 Å². The number of β-lactam (4-membered cyclic amide) rings is 1. The molecule has 2 fully saturated rings. The van der Waals surface area contributed by atoms with Crippen LogP contribution in [-0.4, -0.2) is 46.0 Å². The van der Waals surface area contributed by atoms with Gasteiger partial charge in [0.05, 0.1) is 11.0 Å². The minimum Gasteiger partial charge on any atom is -0.317 e. The van der Waals surface area contributed by atoms with Crippen molar-refractivity contribution in [2.75, 3.05) is 0 Å². The Hall–Kier alpha value is -1.60. The van der Waals surface area contributed by atoms with Gasteiger partial charge in [-0.25, -0.2) is 0 Å². The van der Waals surface area contributed by atoms with E-state index in [0.29, 0.717) is 0 Å². The van der Waals surface area contributed by atoms with E-state index in [-0.39, 0.29) is 27.0 Å². The third-order valence-electron chi connectivity index (χ3n) is 3.92. The number of aryl methyl sites for hydroxylation is 1. The van der Waals surface area contributed by atoms with Crippen LogP contribution >= 0.6 is 11.8 Å². The van der Waals surface area contributed by atoms with Gasteiger partial charge < -0.3 is 10.6 Å². The quantitative estimate of drug-likeness (QED) is 0.562. The van der Waals surface area contributed by atoms with Crippen molar-refractivity contribution in [3.8, 4) is 6.07 Å². The van der Waals surface area contributed by atoms with Crippen LogP contribution in [0.25, 0.3) is 0 Å². The Morgan fingerprint density at radius 1 is 1.33 bits per heavy atom. The third-order valence-corrected chi connectivity index (χ3v) is 6.38. The SMILES string of the molecule is CC1(C)S[C@H]2C(N)C(=O)N2C1C#N.Cc1ccc(S(=O)(=O)O)cc1. The van der Waals surface area contributed by atoms with Crippen molar-refractivity contribution < 1.29 is 17.8 Å². The number of benzene rings is 1. The lowest BCUT2D eigenvalue weighted by atomic mass is 9.98. The first-order valence-corrected chi connectivity index (χ1v) is 9.50. The molecule has 2 aliphatic rings. The molecule has 0 aromatic heterocycles. The number of carbonyl (C=O) groups is 1. The maximum absolute atomic E-state index is 11.3. The van der Waals surface area contributed by atoms with Gasteiger partial charge in [0, 0.05) is 4.75 Å². The van der Waals surface area contributed by atoms with Gasteiger partial charge in [-0.1, -0.05) is 17.7 Å². The molecule has 0 saturated carbocycles. The van der Waals surface area contributed by atoms with E-state index < -0.39 is 16.2 Å². The topological polar surface area (TPSA) is 124 Å². The van der Waals surface area contributed by atoms with Crippen LogP contribution in [0.5, 0.6) is 0 Å². The van der Waals surface area contributed by atoms with E-state index in [4.69, 9.17) is 15.5 Å². The van der Waals surface area contributed by atoms with E-state index in [1.54, 1.807) is 28.8 Å². The lowest BCUT2D eigenvalue weighted by Gasteiger charge is -2.40. The van der Waals surface area contributed by atoms with Crippen LogP contribution in [0.2, 0.25) is 0 Å². The van der Waals surface area contributed by atoms with Crippen molar-refractivity contribution >= 4 is 27.8 Å². The first kappa shape index (κ1) is 18.7. The average molecular weight is 369 g/mol.